The van der Waals surface area contributed by atoms with Crippen molar-refractivity contribution in [2.24, 2.45) is 0 Å². The van der Waals surface area contributed by atoms with E-state index in [1.165, 1.54) is 49.6 Å². The third kappa shape index (κ3) is 6.59. The van der Waals surface area contributed by atoms with Crippen LogP contribution in [0.4, 0.5) is 13.2 Å². The number of carbonyl (C=O) groups excluding carboxylic acids is 1. The summed E-state index contributed by atoms with van der Waals surface area (Å²) >= 11 is 0. The van der Waals surface area contributed by atoms with Gasteiger partial charge in [-0.1, -0.05) is 12.1 Å². The first kappa shape index (κ1) is 22.9. The summed E-state index contributed by atoms with van der Waals surface area (Å²) in [7, 11) is -2.49. The Morgan fingerprint density at radius 2 is 1.81 bits per heavy atom. The molecule has 31 heavy (non-hydrogen) atoms. The molecular formula is C20H21F3N2O5S. The average Bonchev–Trinajstić information content (AvgIpc) is 3.53. The van der Waals surface area contributed by atoms with E-state index in [4.69, 9.17) is 4.74 Å². The Morgan fingerprint density at radius 3 is 2.39 bits per heavy atom. The van der Waals surface area contributed by atoms with Crippen LogP contribution in [0.1, 0.15) is 28.8 Å². The lowest BCUT2D eigenvalue weighted by atomic mass is 10.2. The summed E-state index contributed by atoms with van der Waals surface area (Å²) in [6, 6.07) is 9.78. The van der Waals surface area contributed by atoms with Crippen LogP contribution >= 0.6 is 0 Å². The van der Waals surface area contributed by atoms with Crippen molar-refractivity contribution in [3.63, 3.8) is 0 Å². The van der Waals surface area contributed by atoms with E-state index in [0.29, 0.717) is 5.56 Å². The molecule has 3 rings (SSSR count). The highest BCUT2D eigenvalue weighted by Gasteiger charge is 2.30. The largest absolute Gasteiger partial charge is 0.495 e. The molecule has 11 heteroatoms. The Kier molecular flexibility index (Phi) is 6.75. The number of hydrogen-bond donors (Lipinski definition) is 2. The fraction of sp³-hybridized carbons (Fsp3) is 0.350. The summed E-state index contributed by atoms with van der Waals surface area (Å²) in [6.07, 6.45) is -2.89. The second kappa shape index (κ2) is 9.15. The highest BCUT2D eigenvalue weighted by Crippen LogP contribution is 2.28. The monoisotopic (exact) mass is 458 g/mol. The quantitative estimate of drug-likeness (QED) is 0.603. The fourth-order valence-corrected chi connectivity index (χ4v) is 4.16. The molecule has 1 aliphatic rings. The first-order valence-corrected chi connectivity index (χ1v) is 10.8. The lowest BCUT2D eigenvalue weighted by Gasteiger charge is -2.13. The molecule has 7 nitrogen and oxygen atoms in total. The van der Waals surface area contributed by atoms with Crippen LogP contribution in [0.25, 0.3) is 0 Å². The number of carbonyl (C=O) groups is 1. The molecule has 2 aromatic rings. The van der Waals surface area contributed by atoms with E-state index in [2.05, 4.69) is 14.8 Å². The Bertz CT molecular complexity index is 1040. The molecular weight excluding hydrogens is 437 g/mol. The number of halogens is 3. The van der Waals surface area contributed by atoms with Gasteiger partial charge in [0.05, 0.1) is 7.11 Å². The number of sulfonamides is 1. The zero-order valence-electron chi connectivity index (χ0n) is 16.5. The number of amides is 1. The molecule has 0 spiro atoms. The van der Waals surface area contributed by atoms with Gasteiger partial charge in [-0.05, 0) is 48.7 Å². The van der Waals surface area contributed by atoms with E-state index < -0.39 is 28.7 Å². The van der Waals surface area contributed by atoms with Crippen LogP contribution in [-0.2, 0) is 16.6 Å². The SMILES string of the molecule is COc1ccc(C(=O)NCc2ccc(OCC(F)(F)F)cc2)cc1S(=O)(=O)NC1CC1. The molecule has 2 aromatic carbocycles. The van der Waals surface area contributed by atoms with Crippen molar-refractivity contribution < 1.29 is 35.9 Å². The number of benzene rings is 2. The number of alkyl halides is 3. The van der Waals surface area contributed by atoms with Crippen LogP contribution in [0.5, 0.6) is 11.5 Å². The Morgan fingerprint density at radius 1 is 1.13 bits per heavy atom. The molecule has 0 heterocycles. The van der Waals surface area contributed by atoms with Crippen molar-refractivity contribution in [2.45, 2.75) is 36.5 Å². The lowest BCUT2D eigenvalue weighted by molar-refractivity contribution is -0.153. The molecule has 168 valence electrons. The van der Waals surface area contributed by atoms with Crippen LogP contribution in [0, 0.1) is 0 Å². The zero-order valence-corrected chi connectivity index (χ0v) is 17.3. The minimum absolute atomic E-state index is 0.0561. The number of methoxy groups -OCH3 is 1. The summed E-state index contributed by atoms with van der Waals surface area (Å²) < 4.78 is 74.0. The molecule has 1 fully saturated rings. The second-order valence-electron chi connectivity index (χ2n) is 6.99. The number of rotatable bonds is 9. The zero-order chi connectivity index (χ0) is 22.6. The molecule has 1 amide bonds. The van der Waals surface area contributed by atoms with E-state index in [1.54, 1.807) is 0 Å². The van der Waals surface area contributed by atoms with Gasteiger partial charge in [-0.3, -0.25) is 4.79 Å². The number of nitrogens with one attached hydrogen (secondary N) is 2. The standard InChI is InChI=1S/C20H21F3N2O5S/c1-29-17-9-4-14(10-18(17)31(27,28)25-15-5-6-15)19(26)24-11-13-2-7-16(8-3-13)30-12-20(21,22)23/h2-4,7-10,15,25H,5-6,11-12H2,1H3,(H,24,26). The van der Waals surface area contributed by atoms with Crippen LogP contribution < -0.4 is 19.5 Å². The van der Waals surface area contributed by atoms with Gasteiger partial charge >= 0.3 is 6.18 Å². The summed E-state index contributed by atoms with van der Waals surface area (Å²) in [6.45, 7) is -1.30. The van der Waals surface area contributed by atoms with Crippen LogP contribution in [0.15, 0.2) is 47.4 Å². The number of hydrogen-bond acceptors (Lipinski definition) is 5. The molecule has 2 N–H and O–H groups in total. The van der Waals surface area contributed by atoms with Gasteiger partial charge in [0.2, 0.25) is 10.0 Å². The van der Waals surface area contributed by atoms with Gasteiger partial charge in [-0.15, -0.1) is 0 Å². The highest BCUT2D eigenvalue weighted by atomic mass is 32.2. The normalized spacial score (nSPS) is 14.2. The van der Waals surface area contributed by atoms with Crippen molar-refractivity contribution in [1.29, 1.82) is 0 Å². The topological polar surface area (TPSA) is 93.7 Å². The molecule has 0 unspecified atom stereocenters. The van der Waals surface area contributed by atoms with Gasteiger partial charge in [0, 0.05) is 18.2 Å². The van der Waals surface area contributed by atoms with E-state index in [0.717, 1.165) is 12.8 Å². The van der Waals surface area contributed by atoms with Gasteiger partial charge in [-0.25, -0.2) is 13.1 Å². The van der Waals surface area contributed by atoms with Crippen molar-refractivity contribution in [3.05, 3.63) is 53.6 Å². The molecule has 0 radical (unpaired) electrons. The molecule has 0 aliphatic heterocycles. The van der Waals surface area contributed by atoms with Gasteiger partial charge in [0.15, 0.2) is 6.61 Å². The Balaban J connectivity index is 1.64. The van der Waals surface area contributed by atoms with Crippen molar-refractivity contribution in [2.75, 3.05) is 13.7 Å². The van der Waals surface area contributed by atoms with E-state index in [1.807, 2.05) is 0 Å². The predicted molar refractivity (Wildman–Crippen MR) is 105 cm³/mol. The molecule has 1 saturated carbocycles. The summed E-state index contributed by atoms with van der Waals surface area (Å²) in [5, 5.41) is 2.64. The van der Waals surface area contributed by atoms with Gasteiger partial charge in [0.25, 0.3) is 5.91 Å². The van der Waals surface area contributed by atoms with Gasteiger partial charge in [-0.2, -0.15) is 13.2 Å². The van der Waals surface area contributed by atoms with Gasteiger partial charge < -0.3 is 14.8 Å². The fourth-order valence-electron chi connectivity index (χ4n) is 2.67. The first-order chi connectivity index (χ1) is 14.6. The second-order valence-corrected chi connectivity index (χ2v) is 8.67. The predicted octanol–water partition coefficient (Wildman–Crippen LogP) is 3.01. The smallest absolute Gasteiger partial charge is 0.422 e. The summed E-state index contributed by atoms with van der Waals surface area (Å²) in [5.41, 5.74) is 0.756. The van der Waals surface area contributed by atoms with Crippen LogP contribution in [0.2, 0.25) is 0 Å². The molecule has 0 atom stereocenters. The maximum absolute atomic E-state index is 12.6. The Labute approximate surface area is 177 Å². The van der Waals surface area contributed by atoms with Crippen molar-refractivity contribution in [3.8, 4) is 11.5 Å². The van der Waals surface area contributed by atoms with Crippen LogP contribution in [-0.4, -0.2) is 40.3 Å². The molecule has 1 aliphatic carbocycles. The molecule has 0 bridgehead atoms. The van der Waals surface area contributed by atoms with E-state index in [-0.39, 0.29) is 34.5 Å². The maximum atomic E-state index is 12.6. The first-order valence-electron chi connectivity index (χ1n) is 9.34. The van der Waals surface area contributed by atoms with Crippen LogP contribution in [0.3, 0.4) is 0 Å². The third-order valence-electron chi connectivity index (χ3n) is 4.39. The third-order valence-corrected chi connectivity index (χ3v) is 5.94. The van der Waals surface area contributed by atoms with E-state index >= 15 is 0 Å². The Hall–Kier alpha value is -2.79. The summed E-state index contributed by atoms with van der Waals surface area (Å²) in [4.78, 5) is 12.4. The molecule has 0 saturated heterocycles. The van der Waals surface area contributed by atoms with Crippen molar-refractivity contribution in [1.82, 2.24) is 10.0 Å². The highest BCUT2D eigenvalue weighted by molar-refractivity contribution is 7.89. The molecule has 0 aromatic heterocycles. The minimum Gasteiger partial charge on any atom is -0.495 e. The van der Waals surface area contributed by atoms with E-state index in [9.17, 15) is 26.4 Å². The minimum atomic E-state index is -4.43. The maximum Gasteiger partial charge on any atom is 0.422 e. The van der Waals surface area contributed by atoms with Gasteiger partial charge in [0.1, 0.15) is 16.4 Å². The lowest BCUT2D eigenvalue weighted by Crippen LogP contribution is -2.27. The van der Waals surface area contributed by atoms with Crippen molar-refractivity contribution >= 4 is 15.9 Å². The number of ether oxygens (including phenoxy) is 2. The summed E-state index contributed by atoms with van der Waals surface area (Å²) in [5.74, 6) is -0.331. The average molecular weight is 458 g/mol.